The van der Waals surface area contributed by atoms with Crippen LogP contribution in [0.1, 0.15) is 0 Å². The van der Waals surface area contributed by atoms with E-state index in [2.05, 4.69) is 46.4 Å². The molecule has 37 heavy (non-hydrogen) atoms. The van der Waals surface area contributed by atoms with Crippen molar-refractivity contribution in [2.45, 2.75) is 0 Å². The Hall–Kier alpha value is -5.16. The first-order valence-electron chi connectivity index (χ1n) is 11.8. The second-order valence-corrected chi connectivity index (χ2v) is 8.39. The molecule has 0 saturated carbocycles. The summed E-state index contributed by atoms with van der Waals surface area (Å²) in [6, 6.07) is 41.1. The molecule has 5 aromatic carbocycles. The van der Waals surface area contributed by atoms with Gasteiger partial charge in [0.1, 0.15) is 0 Å². The molecule has 2 heterocycles. The van der Waals surface area contributed by atoms with Crippen LogP contribution >= 0.6 is 0 Å². The highest BCUT2D eigenvalue weighted by molar-refractivity contribution is 5.93. The van der Waals surface area contributed by atoms with Crippen LogP contribution in [0.3, 0.4) is 0 Å². The molecule has 0 spiro atoms. The SMILES string of the molecule is Oc1cccc(O)c1O.c1ccc2nc3ccccc3cc2c1.c1ccc2nc3ccccc3cc2c1. The van der Waals surface area contributed by atoms with Crippen LogP contribution in [0.25, 0.3) is 43.6 Å². The topological polar surface area (TPSA) is 86.5 Å². The molecule has 0 atom stereocenters. The van der Waals surface area contributed by atoms with Crippen LogP contribution in [0, 0.1) is 0 Å². The zero-order chi connectivity index (χ0) is 25.6. The molecule has 5 nitrogen and oxygen atoms in total. The quantitative estimate of drug-likeness (QED) is 0.153. The van der Waals surface area contributed by atoms with Crippen LogP contribution in [0.4, 0.5) is 0 Å². The summed E-state index contributed by atoms with van der Waals surface area (Å²) in [4.78, 5) is 9.16. The molecule has 0 radical (unpaired) electrons. The van der Waals surface area contributed by atoms with Gasteiger partial charge in [-0.25, -0.2) is 9.97 Å². The van der Waals surface area contributed by atoms with E-state index in [1.165, 1.54) is 39.7 Å². The number of aromatic nitrogens is 2. The molecule has 0 amide bonds. The highest BCUT2D eigenvalue weighted by Crippen LogP contribution is 2.32. The first-order valence-corrected chi connectivity index (χ1v) is 11.8. The first-order chi connectivity index (χ1) is 18.1. The maximum atomic E-state index is 8.71. The van der Waals surface area contributed by atoms with Gasteiger partial charge in [0.25, 0.3) is 0 Å². The molecule has 7 rings (SSSR count). The summed E-state index contributed by atoms with van der Waals surface area (Å²) in [6.07, 6.45) is 0. The van der Waals surface area contributed by atoms with E-state index in [-0.39, 0.29) is 11.5 Å². The monoisotopic (exact) mass is 484 g/mol. The lowest BCUT2D eigenvalue weighted by atomic mass is 10.1. The molecular formula is C32H24N2O3. The number of pyridine rings is 2. The number of aromatic hydroxyl groups is 3. The maximum Gasteiger partial charge on any atom is 0.200 e. The van der Waals surface area contributed by atoms with Gasteiger partial charge in [-0.1, -0.05) is 78.9 Å². The van der Waals surface area contributed by atoms with Crippen LogP contribution < -0.4 is 0 Å². The van der Waals surface area contributed by atoms with Crippen molar-refractivity contribution in [2.75, 3.05) is 0 Å². The van der Waals surface area contributed by atoms with Crippen LogP contribution in [-0.4, -0.2) is 25.3 Å². The lowest BCUT2D eigenvalue weighted by Gasteiger charge is -1.99. The maximum absolute atomic E-state index is 8.71. The van der Waals surface area contributed by atoms with E-state index in [0.29, 0.717) is 0 Å². The summed E-state index contributed by atoms with van der Waals surface area (Å²) in [6.45, 7) is 0. The summed E-state index contributed by atoms with van der Waals surface area (Å²) < 4.78 is 0. The van der Waals surface area contributed by atoms with E-state index in [0.717, 1.165) is 22.1 Å². The van der Waals surface area contributed by atoms with Crippen molar-refractivity contribution in [1.82, 2.24) is 9.97 Å². The Balaban J connectivity index is 0.000000117. The van der Waals surface area contributed by atoms with Gasteiger partial charge in [-0.15, -0.1) is 0 Å². The number of phenolic OH excluding ortho intramolecular Hbond substituents is 3. The second-order valence-electron chi connectivity index (χ2n) is 8.39. The summed E-state index contributed by atoms with van der Waals surface area (Å²) in [5.74, 6) is -1.09. The van der Waals surface area contributed by atoms with E-state index in [1.54, 1.807) is 0 Å². The summed E-state index contributed by atoms with van der Waals surface area (Å²) >= 11 is 0. The Morgan fingerprint density at radius 1 is 0.351 bits per heavy atom. The minimum absolute atomic E-state index is 0.310. The summed E-state index contributed by atoms with van der Waals surface area (Å²) in [5.41, 5.74) is 4.25. The molecule has 7 aromatic rings. The fraction of sp³-hybridized carbons (Fsp3) is 0. The van der Waals surface area contributed by atoms with Crippen LogP contribution in [0.2, 0.25) is 0 Å². The van der Waals surface area contributed by atoms with Gasteiger partial charge >= 0.3 is 0 Å². The van der Waals surface area contributed by atoms with Gasteiger partial charge in [-0.05, 0) is 48.5 Å². The average molecular weight is 485 g/mol. The Morgan fingerprint density at radius 2 is 0.649 bits per heavy atom. The van der Waals surface area contributed by atoms with Crippen molar-refractivity contribution in [3.8, 4) is 17.2 Å². The van der Waals surface area contributed by atoms with Crippen molar-refractivity contribution in [2.24, 2.45) is 0 Å². The fourth-order valence-electron chi connectivity index (χ4n) is 3.96. The number of hydrogen-bond donors (Lipinski definition) is 3. The van der Waals surface area contributed by atoms with Crippen molar-refractivity contribution in [1.29, 1.82) is 0 Å². The van der Waals surface area contributed by atoms with Crippen LogP contribution in [-0.2, 0) is 0 Å². The van der Waals surface area contributed by atoms with Crippen molar-refractivity contribution < 1.29 is 15.3 Å². The molecule has 180 valence electrons. The number of para-hydroxylation sites is 5. The minimum atomic E-state index is -0.475. The zero-order valence-corrected chi connectivity index (χ0v) is 19.9. The van der Waals surface area contributed by atoms with Crippen LogP contribution in [0.15, 0.2) is 127 Å². The van der Waals surface area contributed by atoms with Gasteiger partial charge in [0.2, 0.25) is 0 Å². The second kappa shape index (κ2) is 10.6. The number of hydrogen-bond acceptors (Lipinski definition) is 5. The average Bonchev–Trinajstić information content (AvgIpc) is 2.94. The highest BCUT2D eigenvalue weighted by atomic mass is 16.3. The number of rotatable bonds is 0. The molecule has 5 heteroatoms. The third-order valence-corrected chi connectivity index (χ3v) is 5.84. The number of fused-ring (bicyclic) bond motifs is 4. The Morgan fingerprint density at radius 3 is 0.946 bits per heavy atom. The van der Waals surface area contributed by atoms with Gasteiger partial charge in [-0.2, -0.15) is 0 Å². The Bertz CT molecular complexity index is 1490. The summed E-state index contributed by atoms with van der Waals surface area (Å²) in [5, 5.41) is 30.9. The molecule has 3 N–H and O–H groups in total. The molecule has 0 aliphatic heterocycles. The van der Waals surface area contributed by atoms with Gasteiger partial charge in [0, 0.05) is 21.5 Å². The number of benzene rings is 5. The van der Waals surface area contributed by atoms with E-state index in [9.17, 15) is 0 Å². The normalized spacial score (nSPS) is 10.5. The largest absolute Gasteiger partial charge is 0.504 e. The lowest BCUT2D eigenvalue weighted by molar-refractivity contribution is 0.368. The molecule has 0 unspecified atom stereocenters. The van der Waals surface area contributed by atoms with Crippen molar-refractivity contribution >= 4 is 43.6 Å². The highest BCUT2D eigenvalue weighted by Gasteiger charge is 2.01. The minimum Gasteiger partial charge on any atom is -0.504 e. The van der Waals surface area contributed by atoms with Gasteiger partial charge in [0.15, 0.2) is 17.2 Å². The van der Waals surface area contributed by atoms with Crippen molar-refractivity contribution in [3.05, 3.63) is 127 Å². The van der Waals surface area contributed by atoms with E-state index >= 15 is 0 Å². The molecule has 0 aliphatic rings. The Kier molecular flexibility index (Phi) is 6.77. The standard InChI is InChI=1S/2C13H9N.C6H6O3/c2*1-3-7-12-10(5-1)9-11-6-2-4-8-13(11)14-12;7-4-2-1-3-5(8)6(4)9/h2*1-9H;1-3,7-9H. The number of nitrogens with zero attached hydrogens (tertiary/aromatic N) is 2. The van der Waals surface area contributed by atoms with Gasteiger partial charge < -0.3 is 15.3 Å². The number of phenols is 3. The predicted molar refractivity (Wildman–Crippen MR) is 150 cm³/mol. The summed E-state index contributed by atoms with van der Waals surface area (Å²) in [7, 11) is 0. The lowest BCUT2D eigenvalue weighted by Crippen LogP contribution is -1.80. The van der Waals surface area contributed by atoms with E-state index < -0.39 is 5.75 Å². The van der Waals surface area contributed by atoms with E-state index in [4.69, 9.17) is 15.3 Å². The van der Waals surface area contributed by atoms with Crippen LogP contribution in [0.5, 0.6) is 17.2 Å². The molecular weight excluding hydrogens is 460 g/mol. The third kappa shape index (κ3) is 5.41. The van der Waals surface area contributed by atoms with Gasteiger partial charge in [0.05, 0.1) is 22.1 Å². The Labute approximate surface area is 213 Å². The van der Waals surface area contributed by atoms with Gasteiger partial charge in [-0.3, -0.25) is 0 Å². The van der Waals surface area contributed by atoms with E-state index in [1.807, 2.05) is 72.8 Å². The molecule has 0 saturated heterocycles. The molecule has 0 bridgehead atoms. The molecule has 0 fully saturated rings. The van der Waals surface area contributed by atoms with Crippen molar-refractivity contribution in [3.63, 3.8) is 0 Å². The smallest absolute Gasteiger partial charge is 0.200 e. The first kappa shape index (κ1) is 23.6. The predicted octanol–water partition coefficient (Wildman–Crippen LogP) is 7.58. The fourth-order valence-corrected chi connectivity index (χ4v) is 3.96. The molecule has 0 aliphatic carbocycles. The zero-order valence-electron chi connectivity index (χ0n) is 19.9. The third-order valence-electron chi connectivity index (χ3n) is 5.84. The molecule has 2 aromatic heterocycles.